The molecule has 0 saturated heterocycles. The molecule has 0 bridgehead atoms. The van der Waals surface area contributed by atoms with Crippen molar-refractivity contribution in [1.29, 1.82) is 0 Å². The molecular weight excluding hydrogens is 308 g/mol. The van der Waals surface area contributed by atoms with Crippen LogP contribution in [0.1, 0.15) is 30.6 Å². The van der Waals surface area contributed by atoms with Crippen molar-refractivity contribution in [1.82, 2.24) is 4.90 Å². The Labute approximate surface area is 122 Å². The molecule has 0 aliphatic rings. The number of carboxylic acids is 1. The van der Waals surface area contributed by atoms with Gasteiger partial charge in [0, 0.05) is 23.2 Å². The van der Waals surface area contributed by atoms with Crippen LogP contribution in [-0.4, -0.2) is 42.2 Å². The number of nitrogens with one attached hydrogen (secondary N) is 1. The van der Waals surface area contributed by atoms with Gasteiger partial charge in [0.15, 0.2) is 0 Å². The van der Waals surface area contributed by atoms with Crippen molar-refractivity contribution < 1.29 is 9.90 Å². The molecule has 5 heteroatoms. The van der Waals surface area contributed by atoms with Crippen LogP contribution in [0.15, 0.2) is 22.7 Å². The first kappa shape index (κ1) is 16.0. The highest BCUT2D eigenvalue weighted by molar-refractivity contribution is 9.10. The van der Waals surface area contributed by atoms with Gasteiger partial charge in [-0.2, -0.15) is 0 Å². The van der Waals surface area contributed by atoms with E-state index in [-0.39, 0.29) is 0 Å². The van der Waals surface area contributed by atoms with Gasteiger partial charge < -0.3 is 15.3 Å². The molecule has 4 nitrogen and oxygen atoms in total. The van der Waals surface area contributed by atoms with Crippen LogP contribution in [0.3, 0.4) is 0 Å². The van der Waals surface area contributed by atoms with E-state index in [1.54, 1.807) is 12.1 Å². The first-order valence-corrected chi connectivity index (χ1v) is 7.36. The van der Waals surface area contributed by atoms with Gasteiger partial charge in [-0.15, -0.1) is 0 Å². The number of benzene rings is 1. The molecule has 1 rings (SSSR count). The topological polar surface area (TPSA) is 52.6 Å². The first-order valence-electron chi connectivity index (χ1n) is 6.57. The molecule has 0 unspecified atom stereocenters. The zero-order valence-electron chi connectivity index (χ0n) is 11.4. The van der Waals surface area contributed by atoms with E-state index in [0.717, 1.165) is 37.1 Å². The summed E-state index contributed by atoms with van der Waals surface area (Å²) in [6.07, 6.45) is 1.13. The molecule has 0 atom stereocenters. The molecule has 0 aromatic heterocycles. The molecule has 19 heavy (non-hydrogen) atoms. The lowest BCUT2D eigenvalue weighted by atomic mass is 10.2. The van der Waals surface area contributed by atoms with Gasteiger partial charge in [-0.25, -0.2) is 4.79 Å². The summed E-state index contributed by atoms with van der Waals surface area (Å²) < 4.78 is 0.775. The summed E-state index contributed by atoms with van der Waals surface area (Å²) in [6, 6.07) is 5.26. The maximum atomic E-state index is 11.2. The third-order valence-corrected chi connectivity index (χ3v) is 3.44. The monoisotopic (exact) mass is 328 g/mol. The average Bonchev–Trinajstić information content (AvgIpc) is 2.39. The third kappa shape index (κ3) is 5.20. The standard InChI is InChI=1S/C14H21BrN2O2/c1-3-8-17(4-2)9-7-16-13-6-5-11(15)10-12(13)14(18)19/h5-6,10,16H,3-4,7-9H2,1-2H3,(H,18,19). The second kappa shape index (κ2) is 8.17. The van der Waals surface area contributed by atoms with Crippen molar-refractivity contribution in [3.8, 4) is 0 Å². The van der Waals surface area contributed by atoms with E-state index in [9.17, 15) is 4.79 Å². The van der Waals surface area contributed by atoms with Gasteiger partial charge in [0.05, 0.1) is 5.56 Å². The summed E-state index contributed by atoms with van der Waals surface area (Å²) in [7, 11) is 0. The van der Waals surface area contributed by atoms with E-state index < -0.39 is 5.97 Å². The third-order valence-electron chi connectivity index (χ3n) is 2.94. The molecule has 0 spiro atoms. The molecule has 1 aromatic carbocycles. The fraction of sp³-hybridized carbons (Fsp3) is 0.500. The smallest absolute Gasteiger partial charge is 0.337 e. The second-order valence-electron chi connectivity index (χ2n) is 4.36. The summed E-state index contributed by atoms with van der Waals surface area (Å²) >= 11 is 3.29. The number of anilines is 1. The Morgan fingerprint density at radius 3 is 2.68 bits per heavy atom. The SMILES string of the molecule is CCCN(CC)CCNc1ccc(Br)cc1C(=O)O. The van der Waals surface area contributed by atoms with Gasteiger partial charge in [-0.05, 0) is 37.7 Å². The van der Waals surface area contributed by atoms with Crippen molar-refractivity contribution in [2.75, 3.05) is 31.5 Å². The Bertz CT molecular complexity index is 424. The van der Waals surface area contributed by atoms with E-state index in [4.69, 9.17) is 5.11 Å². The molecule has 2 N–H and O–H groups in total. The minimum Gasteiger partial charge on any atom is -0.478 e. The largest absolute Gasteiger partial charge is 0.478 e. The van der Waals surface area contributed by atoms with Crippen LogP contribution in [0.2, 0.25) is 0 Å². The normalized spacial score (nSPS) is 10.7. The van der Waals surface area contributed by atoms with E-state index in [0.29, 0.717) is 11.3 Å². The summed E-state index contributed by atoms with van der Waals surface area (Å²) in [5.41, 5.74) is 0.969. The molecule has 0 aliphatic carbocycles. The number of nitrogens with zero attached hydrogens (tertiary/aromatic N) is 1. The fourth-order valence-electron chi connectivity index (χ4n) is 1.94. The van der Waals surface area contributed by atoms with E-state index >= 15 is 0 Å². The van der Waals surface area contributed by atoms with Crippen LogP contribution in [0.25, 0.3) is 0 Å². The predicted octanol–water partition coefficient (Wildman–Crippen LogP) is 3.29. The minimum atomic E-state index is -0.912. The van der Waals surface area contributed by atoms with Gasteiger partial charge in [-0.3, -0.25) is 0 Å². The van der Waals surface area contributed by atoms with Crippen molar-refractivity contribution in [3.05, 3.63) is 28.2 Å². The lowest BCUT2D eigenvalue weighted by Gasteiger charge is -2.20. The van der Waals surface area contributed by atoms with Gasteiger partial charge in [-0.1, -0.05) is 29.8 Å². The molecule has 0 saturated carbocycles. The van der Waals surface area contributed by atoms with Gasteiger partial charge in [0.1, 0.15) is 0 Å². The van der Waals surface area contributed by atoms with Crippen LogP contribution >= 0.6 is 15.9 Å². The number of rotatable bonds is 8. The Balaban J connectivity index is 2.60. The summed E-state index contributed by atoms with van der Waals surface area (Å²) in [4.78, 5) is 13.5. The first-order chi connectivity index (χ1) is 9.08. The van der Waals surface area contributed by atoms with Crippen LogP contribution in [-0.2, 0) is 0 Å². The molecule has 0 aliphatic heterocycles. The summed E-state index contributed by atoms with van der Waals surface area (Å²) in [5.74, 6) is -0.912. The van der Waals surface area contributed by atoms with Crippen LogP contribution in [0.5, 0.6) is 0 Å². The molecule has 0 amide bonds. The fourth-order valence-corrected chi connectivity index (χ4v) is 2.30. The van der Waals surface area contributed by atoms with Crippen LogP contribution in [0.4, 0.5) is 5.69 Å². The molecular formula is C14H21BrN2O2. The van der Waals surface area contributed by atoms with Crippen LogP contribution < -0.4 is 5.32 Å². The predicted molar refractivity (Wildman–Crippen MR) is 82.0 cm³/mol. The number of hydrogen-bond donors (Lipinski definition) is 2. The Kier molecular flexibility index (Phi) is 6.87. The summed E-state index contributed by atoms with van der Waals surface area (Å²) in [6.45, 7) is 8.05. The average molecular weight is 329 g/mol. The highest BCUT2D eigenvalue weighted by Gasteiger charge is 2.10. The summed E-state index contributed by atoms with van der Waals surface area (Å²) in [5, 5.41) is 12.4. The number of carboxylic acid groups (broad SMARTS) is 1. The van der Waals surface area contributed by atoms with Crippen LogP contribution in [0, 0.1) is 0 Å². The molecule has 0 fully saturated rings. The molecule has 0 radical (unpaired) electrons. The maximum absolute atomic E-state index is 11.2. The zero-order valence-corrected chi connectivity index (χ0v) is 13.0. The van der Waals surface area contributed by atoms with Crippen molar-refractivity contribution in [2.24, 2.45) is 0 Å². The number of aromatic carboxylic acids is 1. The van der Waals surface area contributed by atoms with E-state index in [1.807, 2.05) is 6.07 Å². The second-order valence-corrected chi connectivity index (χ2v) is 5.27. The zero-order chi connectivity index (χ0) is 14.3. The number of halogens is 1. The minimum absolute atomic E-state index is 0.299. The molecule has 1 aromatic rings. The maximum Gasteiger partial charge on any atom is 0.337 e. The quantitative estimate of drug-likeness (QED) is 0.768. The van der Waals surface area contributed by atoms with Crippen molar-refractivity contribution in [2.45, 2.75) is 20.3 Å². The molecule has 0 heterocycles. The van der Waals surface area contributed by atoms with Gasteiger partial charge >= 0.3 is 5.97 Å². The van der Waals surface area contributed by atoms with E-state index in [2.05, 4.69) is 40.0 Å². The van der Waals surface area contributed by atoms with E-state index in [1.165, 1.54) is 0 Å². The lowest BCUT2D eigenvalue weighted by molar-refractivity contribution is 0.0698. The van der Waals surface area contributed by atoms with Gasteiger partial charge in [0.2, 0.25) is 0 Å². The highest BCUT2D eigenvalue weighted by Crippen LogP contribution is 2.20. The number of carbonyl (C=O) groups is 1. The van der Waals surface area contributed by atoms with Gasteiger partial charge in [0.25, 0.3) is 0 Å². The number of likely N-dealkylation sites (N-methyl/N-ethyl adjacent to an activating group) is 1. The van der Waals surface area contributed by atoms with Crippen molar-refractivity contribution in [3.63, 3.8) is 0 Å². The molecule has 106 valence electrons. The van der Waals surface area contributed by atoms with Crippen molar-refractivity contribution >= 4 is 27.6 Å². The highest BCUT2D eigenvalue weighted by atomic mass is 79.9. The Morgan fingerprint density at radius 1 is 1.37 bits per heavy atom. The Morgan fingerprint density at radius 2 is 2.11 bits per heavy atom. The Hall–Kier alpha value is -1.07. The number of hydrogen-bond acceptors (Lipinski definition) is 3. The lowest BCUT2D eigenvalue weighted by Crippen LogP contribution is -2.29.